The van der Waals surface area contributed by atoms with Crippen molar-refractivity contribution in [2.75, 3.05) is 0 Å². The average molecular weight is 345 g/mol. The molecule has 1 aromatic carbocycles. The number of fused-ring (bicyclic) bond motifs is 4. The quantitative estimate of drug-likeness (QED) is 0.671. The van der Waals surface area contributed by atoms with Crippen molar-refractivity contribution in [2.24, 2.45) is 5.92 Å². The third-order valence-electron chi connectivity index (χ3n) is 5.06. The molecule has 130 valence electrons. The third-order valence-corrected chi connectivity index (χ3v) is 5.06. The van der Waals surface area contributed by atoms with Crippen LogP contribution in [0.5, 0.6) is 5.75 Å². The molecular formula is C21H19N3O2. The van der Waals surface area contributed by atoms with Crippen LogP contribution in [0.3, 0.4) is 0 Å². The van der Waals surface area contributed by atoms with Gasteiger partial charge < -0.3 is 9.30 Å². The first kappa shape index (κ1) is 16.3. The number of para-hydroxylation sites is 1. The highest BCUT2D eigenvalue weighted by molar-refractivity contribution is 5.94. The van der Waals surface area contributed by atoms with Crippen LogP contribution in [-0.4, -0.2) is 15.5 Å². The Morgan fingerprint density at radius 2 is 2.19 bits per heavy atom. The number of nitrogens with zero attached hydrogens (tertiary/aromatic N) is 3. The van der Waals surface area contributed by atoms with E-state index in [1.54, 1.807) is 6.07 Å². The molecule has 1 aliphatic heterocycles. The Bertz CT molecular complexity index is 1060. The lowest BCUT2D eigenvalue weighted by molar-refractivity contribution is -0.138. The number of esters is 1. The normalized spacial score (nSPS) is 13.6. The fraction of sp³-hybridized carbons (Fsp3) is 0.286. The summed E-state index contributed by atoms with van der Waals surface area (Å²) in [6, 6.07) is 11.8. The molecule has 2 aromatic heterocycles. The van der Waals surface area contributed by atoms with Gasteiger partial charge in [0.15, 0.2) is 5.75 Å². The Morgan fingerprint density at radius 1 is 1.38 bits per heavy atom. The molecule has 3 heterocycles. The first-order valence-corrected chi connectivity index (χ1v) is 8.87. The number of ether oxygens (including phenoxy) is 1. The number of aromatic nitrogens is 2. The zero-order valence-electron chi connectivity index (χ0n) is 14.8. The summed E-state index contributed by atoms with van der Waals surface area (Å²) in [6.07, 6.45) is 3.38. The lowest BCUT2D eigenvalue weighted by Gasteiger charge is -2.22. The second-order valence-electron chi connectivity index (χ2n) is 6.64. The summed E-state index contributed by atoms with van der Waals surface area (Å²) in [5.41, 5.74) is 3.85. The van der Waals surface area contributed by atoms with Gasteiger partial charge in [-0.15, -0.1) is 0 Å². The Hall–Kier alpha value is -3.13. The highest BCUT2D eigenvalue weighted by Gasteiger charge is 2.28. The van der Waals surface area contributed by atoms with E-state index in [1.807, 2.05) is 48.9 Å². The van der Waals surface area contributed by atoms with Gasteiger partial charge in [0, 0.05) is 30.1 Å². The van der Waals surface area contributed by atoms with Crippen LogP contribution in [0.15, 0.2) is 36.5 Å². The lowest BCUT2D eigenvalue weighted by atomic mass is 9.95. The van der Waals surface area contributed by atoms with Crippen LogP contribution < -0.4 is 4.74 Å². The summed E-state index contributed by atoms with van der Waals surface area (Å²) in [7, 11) is 0. The second kappa shape index (κ2) is 6.30. The molecule has 0 radical (unpaired) electrons. The van der Waals surface area contributed by atoms with Crippen LogP contribution in [-0.2, 0) is 17.8 Å². The highest BCUT2D eigenvalue weighted by atomic mass is 16.5. The molecule has 5 nitrogen and oxygen atoms in total. The molecule has 1 atom stereocenters. The number of aryl methyl sites for hydroxylation is 2. The molecule has 3 aromatic rings. The predicted molar refractivity (Wildman–Crippen MR) is 98.7 cm³/mol. The molecule has 0 N–H and O–H groups in total. The molecule has 0 bridgehead atoms. The number of hydrogen-bond acceptors (Lipinski definition) is 4. The van der Waals surface area contributed by atoms with Crippen LogP contribution in [0.2, 0.25) is 0 Å². The van der Waals surface area contributed by atoms with E-state index < -0.39 is 0 Å². The maximum absolute atomic E-state index is 12.3. The summed E-state index contributed by atoms with van der Waals surface area (Å²) < 4.78 is 7.72. The monoisotopic (exact) mass is 345 g/mol. The predicted octanol–water partition coefficient (Wildman–Crippen LogP) is 4.08. The SMILES string of the molecule is CC[C@H](C)C(=O)Oc1ccn2c1-c1c(nc3ccccc3c1C#N)CC2. The van der Waals surface area contributed by atoms with Crippen LogP contribution >= 0.6 is 0 Å². The standard InChI is InChI=1S/C21H19N3O2/c1-3-13(2)21(25)26-18-9-11-24-10-8-17-19(20(18)24)15(12-22)14-6-4-5-7-16(14)23-17/h4-7,9,11,13H,3,8,10H2,1-2H3/t13-/m0/s1. The van der Waals surface area contributed by atoms with E-state index in [9.17, 15) is 10.1 Å². The van der Waals surface area contributed by atoms with E-state index in [1.165, 1.54) is 0 Å². The minimum atomic E-state index is -0.249. The molecule has 1 aliphatic rings. The maximum atomic E-state index is 12.3. The fourth-order valence-electron chi connectivity index (χ4n) is 3.41. The van der Waals surface area contributed by atoms with Crippen molar-refractivity contribution in [3.63, 3.8) is 0 Å². The summed E-state index contributed by atoms with van der Waals surface area (Å²) >= 11 is 0. The molecule has 0 aliphatic carbocycles. The summed E-state index contributed by atoms with van der Waals surface area (Å²) in [6.45, 7) is 4.56. The molecule has 0 saturated carbocycles. The van der Waals surface area contributed by atoms with Gasteiger partial charge in [0.25, 0.3) is 0 Å². The van der Waals surface area contributed by atoms with Crippen molar-refractivity contribution in [1.29, 1.82) is 5.26 Å². The van der Waals surface area contributed by atoms with Crippen molar-refractivity contribution in [1.82, 2.24) is 9.55 Å². The molecule has 0 saturated heterocycles. The van der Waals surface area contributed by atoms with Crippen LogP contribution in [0.4, 0.5) is 0 Å². The zero-order valence-corrected chi connectivity index (χ0v) is 14.8. The van der Waals surface area contributed by atoms with Crippen molar-refractivity contribution in [3.8, 4) is 23.1 Å². The topological polar surface area (TPSA) is 67.9 Å². The second-order valence-corrected chi connectivity index (χ2v) is 6.64. The molecule has 4 rings (SSSR count). The van der Waals surface area contributed by atoms with Crippen molar-refractivity contribution in [2.45, 2.75) is 33.2 Å². The minimum absolute atomic E-state index is 0.168. The van der Waals surface area contributed by atoms with E-state index in [0.717, 1.165) is 47.2 Å². The van der Waals surface area contributed by atoms with E-state index in [2.05, 4.69) is 6.07 Å². The number of carbonyl (C=O) groups is 1. The van der Waals surface area contributed by atoms with Crippen LogP contribution in [0.1, 0.15) is 31.5 Å². The van der Waals surface area contributed by atoms with Gasteiger partial charge in [0.1, 0.15) is 6.07 Å². The summed E-state index contributed by atoms with van der Waals surface area (Å²) in [5, 5.41) is 10.7. The number of benzene rings is 1. The molecular weight excluding hydrogens is 326 g/mol. The van der Waals surface area contributed by atoms with Gasteiger partial charge in [-0.1, -0.05) is 32.0 Å². The van der Waals surface area contributed by atoms with E-state index >= 15 is 0 Å². The Morgan fingerprint density at radius 3 is 2.96 bits per heavy atom. The Kier molecular flexibility index (Phi) is 3.96. The van der Waals surface area contributed by atoms with Gasteiger partial charge in [-0.25, -0.2) is 0 Å². The maximum Gasteiger partial charge on any atom is 0.314 e. The number of hydrogen-bond donors (Lipinski definition) is 0. The van der Waals surface area contributed by atoms with E-state index in [-0.39, 0.29) is 11.9 Å². The van der Waals surface area contributed by atoms with Gasteiger partial charge in [0.2, 0.25) is 0 Å². The number of nitriles is 1. The van der Waals surface area contributed by atoms with Gasteiger partial charge in [-0.3, -0.25) is 9.78 Å². The third kappa shape index (κ3) is 2.46. The number of pyridine rings is 1. The molecule has 0 amide bonds. The van der Waals surface area contributed by atoms with Crippen LogP contribution in [0, 0.1) is 17.2 Å². The summed E-state index contributed by atoms with van der Waals surface area (Å²) in [4.78, 5) is 17.1. The van der Waals surface area contributed by atoms with E-state index in [4.69, 9.17) is 9.72 Å². The van der Waals surface area contributed by atoms with Crippen molar-refractivity contribution < 1.29 is 9.53 Å². The lowest BCUT2D eigenvalue weighted by Crippen LogP contribution is -2.18. The average Bonchev–Trinajstić information content (AvgIpc) is 3.08. The zero-order chi connectivity index (χ0) is 18.3. The molecule has 26 heavy (non-hydrogen) atoms. The smallest absolute Gasteiger partial charge is 0.314 e. The highest BCUT2D eigenvalue weighted by Crippen LogP contribution is 2.41. The number of rotatable bonds is 3. The van der Waals surface area contributed by atoms with Crippen LogP contribution in [0.25, 0.3) is 22.2 Å². The Balaban J connectivity index is 1.92. The fourth-order valence-corrected chi connectivity index (χ4v) is 3.41. The number of carbonyl (C=O) groups excluding carboxylic acids is 1. The summed E-state index contributed by atoms with van der Waals surface area (Å²) in [5.74, 6) is 0.0875. The largest absolute Gasteiger partial charge is 0.424 e. The molecule has 0 fully saturated rings. The Labute approximate surface area is 151 Å². The molecule has 0 unspecified atom stereocenters. The van der Waals surface area contributed by atoms with E-state index in [0.29, 0.717) is 11.3 Å². The minimum Gasteiger partial charge on any atom is -0.424 e. The van der Waals surface area contributed by atoms with Gasteiger partial charge >= 0.3 is 5.97 Å². The first-order valence-electron chi connectivity index (χ1n) is 8.87. The van der Waals surface area contributed by atoms with Gasteiger partial charge in [-0.2, -0.15) is 5.26 Å². The van der Waals surface area contributed by atoms with Crippen molar-refractivity contribution in [3.05, 3.63) is 47.8 Å². The van der Waals surface area contributed by atoms with Gasteiger partial charge in [-0.05, 0) is 18.6 Å². The molecule has 0 spiro atoms. The van der Waals surface area contributed by atoms with Gasteiger partial charge in [0.05, 0.1) is 28.4 Å². The first-order chi connectivity index (χ1) is 12.6. The molecule has 5 heteroatoms. The van der Waals surface area contributed by atoms with Crippen molar-refractivity contribution >= 4 is 16.9 Å².